The molecule has 0 unspecified atom stereocenters. The molecule has 0 saturated carbocycles. The van der Waals surface area contributed by atoms with Crippen LogP contribution < -0.4 is 26.2 Å². The molecule has 2 aromatic heterocycles. The van der Waals surface area contributed by atoms with Crippen molar-refractivity contribution in [2.45, 2.75) is 13.3 Å². The third-order valence-electron chi connectivity index (χ3n) is 6.29. The third-order valence-corrected chi connectivity index (χ3v) is 6.29. The van der Waals surface area contributed by atoms with Crippen LogP contribution in [0.2, 0.25) is 0 Å². The Kier molecular flexibility index (Phi) is 4.95. The SMILES string of the molecule is Cc1[nH]nc2cc(Nc3nc(Nc4ccc(N5CCNCC5)cc4)nc4c3CCN4)ccc12. The fraction of sp³-hybridized carbons (Fsp3) is 0.292. The van der Waals surface area contributed by atoms with E-state index >= 15 is 0 Å². The highest BCUT2D eigenvalue weighted by Crippen LogP contribution is 2.32. The van der Waals surface area contributed by atoms with Crippen molar-refractivity contribution in [1.29, 1.82) is 0 Å². The lowest BCUT2D eigenvalue weighted by Gasteiger charge is -2.29. The maximum absolute atomic E-state index is 4.81. The van der Waals surface area contributed by atoms with Gasteiger partial charge in [-0.3, -0.25) is 5.10 Å². The number of hydrogen-bond donors (Lipinski definition) is 5. The Morgan fingerprint density at radius 2 is 1.73 bits per heavy atom. The molecule has 33 heavy (non-hydrogen) atoms. The molecule has 9 nitrogen and oxygen atoms in total. The second-order valence-electron chi connectivity index (χ2n) is 8.51. The highest BCUT2D eigenvalue weighted by atomic mass is 15.2. The zero-order valence-corrected chi connectivity index (χ0v) is 18.6. The number of aromatic nitrogens is 4. The summed E-state index contributed by atoms with van der Waals surface area (Å²) in [6.45, 7) is 7.01. The average molecular weight is 442 g/mol. The first-order valence-corrected chi connectivity index (χ1v) is 11.4. The molecular formula is C24H27N9. The summed E-state index contributed by atoms with van der Waals surface area (Å²) < 4.78 is 0. The summed E-state index contributed by atoms with van der Waals surface area (Å²) in [7, 11) is 0. The highest BCUT2D eigenvalue weighted by Gasteiger charge is 2.20. The fourth-order valence-corrected chi connectivity index (χ4v) is 4.50. The van der Waals surface area contributed by atoms with Gasteiger partial charge >= 0.3 is 0 Å². The fourth-order valence-electron chi connectivity index (χ4n) is 4.50. The normalized spacial score (nSPS) is 15.4. The smallest absolute Gasteiger partial charge is 0.231 e. The van der Waals surface area contributed by atoms with Crippen molar-refractivity contribution < 1.29 is 0 Å². The first-order chi connectivity index (χ1) is 16.2. The first-order valence-electron chi connectivity index (χ1n) is 11.4. The average Bonchev–Trinajstić information content (AvgIpc) is 3.47. The van der Waals surface area contributed by atoms with Crippen molar-refractivity contribution in [1.82, 2.24) is 25.5 Å². The number of rotatable bonds is 5. The summed E-state index contributed by atoms with van der Waals surface area (Å²) >= 11 is 0. The van der Waals surface area contributed by atoms with Crippen LogP contribution >= 0.6 is 0 Å². The van der Waals surface area contributed by atoms with Gasteiger partial charge in [0, 0.05) is 66.4 Å². The number of benzene rings is 2. The largest absolute Gasteiger partial charge is 0.369 e. The summed E-state index contributed by atoms with van der Waals surface area (Å²) in [6, 6.07) is 14.7. The number of piperazine rings is 1. The second-order valence-corrected chi connectivity index (χ2v) is 8.51. The molecule has 2 aliphatic heterocycles. The molecule has 9 heteroatoms. The van der Waals surface area contributed by atoms with Crippen LogP contribution in [0.4, 0.5) is 34.6 Å². The van der Waals surface area contributed by atoms with Gasteiger partial charge < -0.3 is 26.2 Å². The molecular weight excluding hydrogens is 414 g/mol. The summed E-state index contributed by atoms with van der Waals surface area (Å²) in [5.74, 6) is 2.26. The van der Waals surface area contributed by atoms with Crippen LogP contribution in [-0.2, 0) is 6.42 Å². The zero-order chi connectivity index (χ0) is 22.2. The van der Waals surface area contributed by atoms with Gasteiger partial charge in [-0.2, -0.15) is 15.1 Å². The summed E-state index contributed by atoms with van der Waals surface area (Å²) in [5, 5.41) is 22.2. The quantitative estimate of drug-likeness (QED) is 0.320. The zero-order valence-electron chi connectivity index (χ0n) is 18.6. The van der Waals surface area contributed by atoms with E-state index in [1.54, 1.807) is 0 Å². The van der Waals surface area contributed by atoms with Gasteiger partial charge in [-0.25, -0.2) is 0 Å². The molecule has 4 heterocycles. The van der Waals surface area contributed by atoms with Crippen LogP contribution in [0.5, 0.6) is 0 Å². The number of anilines is 6. The Morgan fingerprint density at radius 3 is 2.58 bits per heavy atom. The van der Waals surface area contributed by atoms with Crippen LogP contribution in [0.3, 0.4) is 0 Å². The number of H-pyrrole nitrogens is 1. The topological polar surface area (TPSA) is 106 Å². The maximum Gasteiger partial charge on any atom is 0.231 e. The van der Waals surface area contributed by atoms with Crippen LogP contribution in [0.1, 0.15) is 11.3 Å². The van der Waals surface area contributed by atoms with E-state index in [0.29, 0.717) is 5.95 Å². The number of fused-ring (bicyclic) bond motifs is 2. The van der Waals surface area contributed by atoms with Gasteiger partial charge in [-0.05, 0) is 55.8 Å². The molecule has 0 radical (unpaired) electrons. The van der Waals surface area contributed by atoms with E-state index in [9.17, 15) is 0 Å². The molecule has 1 fully saturated rings. The van der Waals surface area contributed by atoms with E-state index in [1.807, 2.05) is 13.0 Å². The van der Waals surface area contributed by atoms with Crippen LogP contribution in [0.25, 0.3) is 10.9 Å². The van der Waals surface area contributed by atoms with E-state index in [4.69, 9.17) is 9.97 Å². The molecule has 2 aromatic carbocycles. The summed E-state index contributed by atoms with van der Waals surface area (Å²) in [4.78, 5) is 11.9. The van der Waals surface area contributed by atoms with Crippen molar-refractivity contribution in [3.05, 3.63) is 53.7 Å². The molecule has 2 aliphatic rings. The highest BCUT2D eigenvalue weighted by molar-refractivity contribution is 5.85. The van der Waals surface area contributed by atoms with E-state index in [2.05, 4.69) is 72.8 Å². The molecule has 168 valence electrons. The van der Waals surface area contributed by atoms with Gasteiger partial charge in [0.1, 0.15) is 11.6 Å². The summed E-state index contributed by atoms with van der Waals surface area (Å²) in [6.07, 6.45) is 0.890. The van der Waals surface area contributed by atoms with E-state index in [0.717, 1.165) is 84.3 Å². The van der Waals surface area contributed by atoms with E-state index < -0.39 is 0 Å². The van der Waals surface area contributed by atoms with Gasteiger partial charge in [-0.15, -0.1) is 0 Å². The lowest BCUT2D eigenvalue weighted by molar-refractivity contribution is 0.589. The van der Waals surface area contributed by atoms with Crippen LogP contribution in [-0.4, -0.2) is 52.9 Å². The summed E-state index contributed by atoms with van der Waals surface area (Å²) in [5.41, 5.74) is 6.26. The molecule has 6 rings (SSSR count). The number of nitrogens with zero attached hydrogens (tertiary/aromatic N) is 4. The van der Waals surface area contributed by atoms with Gasteiger partial charge in [0.2, 0.25) is 5.95 Å². The monoisotopic (exact) mass is 441 g/mol. The molecule has 5 N–H and O–H groups in total. The molecule has 0 aliphatic carbocycles. The Balaban J connectivity index is 1.25. The Bertz CT molecular complexity index is 1290. The van der Waals surface area contributed by atoms with Crippen LogP contribution in [0.15, 0.2) is 42.5 Å². The van der Waals surface area contributed by atoms with Gasteiger partial charge in [-0.1, -0.05) is 0 Å². The van der Waals surface area contributed by atoms with Crippen molar-refractivity contribution in [2.75, 3.05) is 53.6 Å². The Labute approximate surface area is 192 Å². The number of hydrogen-bond acceptors (Lipinski definition) is 8. The minimum Gasteiger partial charge on any atom is -0.369 e. The predicted octanol–water partition coefficient (Wildman–Crippen LogP) is 3.53. The number of nitrogens with one attached hydrogen (secondary N) is 5. The Hall–Kier alpha value is -3.85. The van der Waals surface area contributed by atoms with E-state index in [1.165, 1.54) is 5.69 Å². The third kappa shape index (κ3) is 3.91. The van der Waals surface area contributed by atoms with Gasteiger partial charge in [0.25, 0.3) is 0 Å². The van der Waals surface area contributed by atoms with E-state index in [-0.39, 0.29) is 0 Å². The molecule has 1 saturated heterocycles. The number of aryl methyl sites for hydroxylation is 1. The van der Waals surface area contributed by atoms with Crippen molar-refractivity contribution in [2.24, 2.45) is 0 Å². The standard InChI is InChI=1S/C24H27N9/c1-15-19-7-4-17(14-21(19)32-31-15)27-23-20-8-9-26-22(20)29-24(30-23)28-16-2-5-18(6-3-16)33-12-10-25-11-13-33/h2-7,14,25H,8-13H2,1H3,(H,31,32)(H3,26,27,28,29,30). The Morgan fingerprint density at radius 1 is 0.909 bits per heavy atom. The van der Waals surface area contributed by atoms with Gasteiger partial charge in [0.05, 0.1) is 5.52 Å². The molecule has 0 spiro atoms. The lowest BCUT2D eigenvalue weighted by Crippen LogP contribution is -2.43. The lowest BCUT2D eigenvalue weighted by atomic mass is 10.2. The van der Waals surface area contributed by atoms with Crippen molar-refractivity contribution in [3.8, 4) is 0 Å². The minimum absolute atomic E-state index is 0.567. The second kappa shape index (κ2) is 8.25. The molecule has 4 aromatic rings. The van der Waals surface area contributed by atoms with Crippen molar-refractivity contribution >= 4 is 45.5 Å². The molecule has 0 atom stereocenters. The molecule has 0 amide bonds. The minimum atomic E-state index is 0.567. The first kappa shape index (κ1) is 19.8. The predicted molar refractivity (Wildman–Crippen MR) is 133 cm³/mol. The molecule has 0 bridgehead atoms. The van der Waals surface area contributed by atoms with Crippen molar-refractivity contribution in [3.63, 3.8) is 0 Å². The maximum atomic E-state index is 4.81. The van der Waals surface area contributed by atoms with Crippen LogP contribution in [0, 0.1) is 6.92 Å². The van der Waals surface area contributed by atoms with Gasteiger partial charge in [0.15, 0.2) is 0 Å². The number of aromatic amines is 1.